The summed E-state index contributed by atoms with van der Waals surface area (Å²) in [6.07, 6.45) is 0.418. The van der Waals surface area contributed by atoms with Crippen LogP contribution in [0, 0.1) is 6.92 Å². The number of ether oxygens (including phenoxy) is 1. The van der Waals surface area contributed by atoms with E-state index in [2.05, 4.69) is 5.32 Å². The van der Waals surface area contributed by atoms with Crippen LogP contribution in [0.1, 0.15) is 12.0 Å². The van der Waals surface area contributed by atoms with Crippen LogP contribution in [0.25, 0.3) is 21.9 Å². The van der Waals surface area contributed by atoms with Crippen LogP contribution in [-0.4, -0.2) is 38.5 Å². The smallest absolute Gasteiger partial charge is 0.258 e. The first kappa shape index (κ1) is 18.5. The molecule has 0 saturated carbocycles. The molecule has 1 fully saturated rings. The number of carbonyl (C=O) groups is 1. The maximum atomic E-state index is 12.6. The van der Waals surface area contributed by atoms with Gasteiger partial charge in [-0.15, -0.1) is 0 Å². The van der Waals surface area contributed by atoms with E-state index < -0.39 is 15.7 Å². The Labute approximate surface area is 161 Å². The van der Waals surface area contributed by atoms with Crippen LogP contribution >= 0.6 is 0 Å². The van der Waals surface area contributed by atoms with Crippen molar-refractivity contribution in [3.05, 3.63) is 52.2 Å². The molecule has 0 radical (unpaired) electrons. The van der Waals surface area contributed by atoms with Gasteiger partial charge in [0.2, 0.25) is 5.43 Å². The van der Waals surface area contributed by atoms with Gasteiger partial charge < -0.3 is 14.5 Å². The minimum absolute atomic E-state index is 0.0354. The van der Waals surface area contributed by atoms with Crippen LogP contribution < -0.4 is 15.5 Å². The van der Waals surface area contributed by atoms with Gasteiger partial charge in [-0.1, -0.05) is 6.07 Å². The maximum absolute atomic E-state index is 12.6. The number of fused-ring (bicyclic) bond motifs is 2. The van der Waals surface area contributed by atoms with Crippen LogP contribution in [0.15, 0.2) is 45.6 Å². The molecule has 28 heavy (non-hydrogen) atoms. The first-order chi connectivity index (χ1) is 13.3. The third-order valence-electron chi connectivity index (χ3n) is 4.77. The molecule has 0 spiro atoms. The molecule has 1 aromatic heterocycles. The van der Waals surface area contributed by atoms with Crippen molar-refractivity contribution in [1.29, 1.82) is 0 Å². The van der Waals surface area contributed by atoms with Gasteiger partial charge in [-0.25, -0.2) is 8.42 Å². The van der Waals surface area contributed by atoms with Gasteiger partial charge in [-0.2, -0.15) is 0 Å². The molecule has 7 nitrogen and oxygen atoms in total. The number of hydrogen-bond acceptors (Lipinski definition) is 6. The first-order valence-electron chi connectivity index (χ1n) is 8.90. The van der Waals surface area contributed by atoms with Crippen molar-refractivity contribution < 1.29 is 22.4 Å². The summed E-state index contributed by atoms with van der Waals surface area (Å²) < 4.78 is 34.2. The van der Waals surface area contributed by atoms with Gasteiger partial charge in [0.25, 0.3) is 5.91 Å². The van der Waals surface area contributed by atoms with Crippen molar-refractivity contribution in [2.45, 2.75) is 19.4 Å². The zero-order chi connectivity index (χ0) is 19.9. The number of carbonyl (C=O) groups excluding carboxylic acids is 1. The fourth-order valence-electron chi connectivity index (χ4n) is 3.36. The fourth-order valence-corrected chi connectivity index (χ4v) is 5.03. The van der Waals surface area contributed by atoms with Crippen molar-refractivity contribution in [3.8, 4) is 5.75 Å². The highest BCUT2D eigenvalue weighted by atomic mass is 32.2. The Morgan fingerprint density at radius 3 is 2.61 bits per heavy atom. The van der Waals surface area contributed by atoms with E-state index in [1.165, 1.54) is 0 Å². The second-order valence-electron chi connectivity index (χ2n) is 7.04. The standard InChI is InChI=1S/C20H19NO6S/c1-12-2-4-15-17(8-12)27-18-9-14(3-5-16(18)20(15)23)26-10-19(22)21-13-6-7-28(24,25)11-13/h2-5,8-9,13H,6-7,10-11H2,1H3,(H,21,22)/t13-/m1/s1. The van der Waals surface area contributed by atoms with Crippen molar-refractivity contribution in [3.63, 3.8) is 0 Å². The molecule has 3 aromatic rings. The molecule has 8 heteroatoms. The SMILES string of the molecule is Cc1ccc2c(=O)c3ccc(OCC(=O)N[C@@H]4CCS(=O)(=O)C4)cc3oc2c1. The van der Waals surface area contributed by atoms with Gasteiger partial charge in [0.1, 0.15) is 16.9 Å². The fraction of sp³-hybridized carbons (Fsp3) is 0.300. The lowest BCUT2D eigenvalue weighted by atomic mass is 10.1. The molecule has 2 heterocycles. The number of amides is 1. The second-order valence-corrected chi connectivity index (χ2v) is 9.27. The molecular formula is C20H19NO6S. The van der Waals surface area contributed by atoms with Crippen molar-refractivity contribution in [2.75, 3.05) is 18.1 Å². The lowest BCUT2D eigenvalue weighted by Gasteiger charge is -2.12. The molecule has 1 saturated heterocycles. The van der Waals surface area contributed by atoms with Crippen molar-refractivity contribution in [1.82, 2.24) is 5.32 Å². The van der Waals surface area contributed by atoms with Crippen LogP contribution in [-0.2, 0) is 14.6 Å². The Morgan fingerprint density at radius 2 is 1.89 bits per heavy atom. The van der Waals surface area contributed by atoms with Gasteiger partial charge in [-0.05, 0) is 43.2 Å². The molecule has 1 atom stereocenters. The number of nitrogens with one attached hydrogen (secondary N) is 1. The van der Waals surface area contributed by atoms with Crippen LogP contribution in [0.4, 0.5) is 0 Å². The molecule has 0 aliphatic carbocycles. The van der Waals surface area contributed by atoms with Gasteiger partial charge in [-0.3, -0.25) is 9.59 Å². The Hall–Kier alpha value is -2.87. The summed E-state index contributed by atoms with van der Waals surface area (Å²) in [5, 5.41) is 3.61. The van der Waals surface area contributed by atoms with Gasteiger partial charge in [0.05, 0.1) is 22.3 Å². The van der Waals surface area contributed by atoms with E-state index in [0.717, 1.165) is 5.56 Å². The summed E-state index contributed by atoms with van der Waals surface area (Å²) >= 11 is 0. The third-order valence-corrected chi connectivity index (χ3v) is 6.53. The molecule has 0 bridgehead atoms. The Bertz CT molecular complexity index is 1240. The predicted octanol–water partition coefficient (Wildman–Crippen LogP) is 1.94. The normalized spacial score (nSPS) is 18.4. The highest BCUT2D eigenvalue weighted by molar-refractivity contribution is 7.91. The molecule has 146 valence electrons. The molecule has 0 unspecified atom stereocenters. The number of hydrogen-bond donors (Lipinski definition) is 1. The molecule has 1 N–H and O–H groups in total. The monoisotopic (exact) mass is 401 g/mol. The average molecular weight is 401 g/mol. The summed E-state index contributed by atoms with van der Waals surface area (Å²) in [6, 6.07) is 9.82. The van der Waals surface area contributed by atoms with E-state index in [1.54, 1.807) is 30.3 Å². The zero-order valence-corrected chi connectivity index (χ0v) is 16.0. The molecule has 1 aliphatic rings. The molecular weight excluding hydrogens is 382 g/mol. The van der Waals surface area contributed by atoms with Crippen LogP contribution in [0.3, 0.4) is 0 Å². The lowest BCUT2D eigenvalue weighted by Crippen LogP contribution is -2.38. The highest BCUT2D eigenvalue weighted by Crippen LogP contribution is 2.23. The van der Waals surface area contributed by atoms with Crippen molar-refractivity contribution in [2.24, 2.45) is 0 Å². The quantitative estimate of drug-likeness (QED) is 0.670. The van der Waals surface area contributed by atoms with Gasteiger partial charge in [0, 0.05) is 12.1 Å². The van der Waals surface area contributed by atoms with Crippen molar-refractivity contribution >= 4 is 37.7 Å². The number of aryl methyl sites for hydroxylation is 1. The van der Waals surface area contributed by atoms with Gasteiger partial charge >= 0.3 is 0 Å². The summed E-state index contributed by atoms with van der Waals surface area (Å²) in [7, 11) is -3.06. The molecule has 4 rings (SSSR count). The largest absolute Gasteiger partial charge is 0.484 e. The van der Waals surface area contributed by atoms with Crippen LogP contribution in [0.2, 0.25) is 0 Å². The Kier molecular flexibility index (Phi) is 4.58. The van der Waals surface area contributed by atoms with E-state index in [9.17, 15) is 18.0 Å². The van der Waals surface area contributed by atoms with Gasteiger partial charge in [0.15, 0.2) is 16.4 Å². The zero-order valence-electron chi connectivity index (χ0n) is 15.2. The highest BCUT2D eigenvalue weighted by Gasteiger charge is 2.28. The average Bonchev–Trinajstić information content (AvgIpc) is 2.98. The molecule has 2 aromatic carbocycles. The Morgan fingerprint density at radius 1 is 1.18 bits per heavy atom. The minimum atomic E-state index is -3.06. The Balaban J connectivity index is 1.51. The molecule has 1 aliphatic heterocycles. The van der Waals surface area contributed by atoms with E-state index in [1.807, 2.05) is 13.0 Å². The second kappa shape index (κ2) is 6.94. The van der Waals surface area contributed by atoms with E-state index in [-0.39, 0.29) is 29.6 Å². The summed E-state index contributed by atoms with van der Waals surface area (Å²) in [6.45, 7) is 1.66. The summed E-state index contributed by atoms with van der Waals surface area (Å²) in [5.74, 6) is 0.0529. The third kappa shape index (κ3) is 3.73. The van der Waals surface area contributed by atoms with E-state index in [0.29, 0.717) is 34.1 Å². The topological polar surface area (TPSA) is 103 Å². The number of benzene rings is 2. The lowest BCUT2D eigenvalue weighted by molar-refractivity contribution is -0.123. The van der Waals surface area contributed by atoms with Crippen LogP contribution in [0.5, 0.6) is 5.75 Å². The van der Waals surface area contributed by atoms with E-state index in [4.69, 9.17) is 9.15 Å². The minimum Gasteiger partial charge on any atom is -0.484 e. The molecule has 1 amide bonds. The maximum Gasteiger partial charge on any atom is 0.258 e. The van der Waals surface area contributed by atoms with E-state index >= 15 is 0 Å². The number of sulfone groups is 1. The predicted molar refractivity (Wildman–Crippen MR) is 105 cm³/mol. The first-order valence-corrected chi connectivity index (χ1v) is 10.7. The summed E-state index contributed by atoms with van der Waals surface area (Å²) in [5.41, 5.74) is 1.73. The summed E-state index contributed by atoms with van der Waals surface area (Å²) in [4.78, 5) is 24.6. The number of rotatable bonds is 4.